The van der Waals surface area contributed by atoms with Crippen LogP contribution in [0.3, 0.4) is 0 Å². The van der Waals surface area contributed by atoms with E-state index < -0.39 is 5.97 Å². The van der Waals surface area contributed by atoms with E-state index in [1.54, 1.807) is 7.11 Å². The van der Waals surface area contributed by atoms with Crippen molar-refractivity contribution in [3.8, 4) is 0 Å². The van der Waals surface area contributed by atoms with Gasteiger partial charge < -0.3 is 9.84 Å². The predicted octanol–water partition coefficient (Wildman–Crippen LogP) is 3.09. The highest BCUT2D eigenvalue weighted by Gasteiger charge is 2.37. The molecule has 0 aromatic heterocycles. The Morgan fingerprint density at radius 3 is 2.95 bits per heavy atom. The lowest BCUT2D eigenvalue weighted by Crippen LogP contribution is -2.32. The van der Waals surface area contributed by atoms with E-state index in [0.717, 1.165) is 18.4 Å². The van der Waals surface area contributed by atoms with E-state index in [1.807, 2.05) is 18.2 Å². The SMILES string of the molecule is COC1C=CC2=C(C(=O)O)C=C3CCCCC3C2C1. The third-order valence-corrected chi connectivity index (χ3v) is 4.74. The summed E-state index contributed by atoms with van der Waals surface area (Å²) in [6.45, 7) is 0. The van der Waals surface area contributed by atoms with E-state index >= 15 is 0 Å². The van der Waals surface area contributed by atoms with Crippen molar-refractivity contribution in [3.63, 3.8) is 0 Å². The number of hydrogen-bond donors (Lipinski definition) is 1. The fourth-order valence-electron chi connectivity index (χ4n) is 3.79. The fourth-order valence-corrected chi connectivity index (χ4v) is 3.79. The number of fused-ring (bicyclic) bond motifs is 3. The average Bonchev–Trinajstić information content (AvgIpc) is 2.45. The van der Waals surface area contributed by atoms with Crippen molar-refractivity contribution in [1.82, 2.24) is 0 Å². The van der Waals surface area contributed by atoms with Crippen LogP contribution in [0.2, 0.25) is 0 Å². The van der Waals surface area contributed by atoms with Crippen LogP contribution in [0.5, 0.6) is 0 Å². The molecule has 3 unspecified atom stereocenters. The normalized spacial score (nSPS) is 33.5. The number of allylic oxidation sites excluding steroid dienone is 3. The summed E-state index contributed by atoms with van der Waals surface area (Å²) in [6, 6.07) is 0. The van der Waals surface area contributed by atoms with Gasteiger partial charge in [-0.2, -0.15) is 0 Å². The second-order valence-corrected chi connectivity index (χ2v) is 5.72. The number of ether oxygens (including phenoxy) is 1. The summed E-state index contributed by atoms with van der Waals surface area (Å²) in [6.07, 6.45) is 11.7. The predicted molar refractivity (Wildman–Crippen MR) is 72.7 cm³/mol. The van der Waals surface area contributed by atoms with Gasteiger partial charge in [-0.15, -0.1) is 0 Å². The van der Waals surface area contributed by atoms with Crippen LogP contribution in [-0.4, -0.2) is 24.3 Å². The van der Waals surface area contributed by atoms with E-state index in [1.165, 1.54) is 24.8 Å². The first kappa shape index (κ1) is 12.7. The monoisotopic (exact) mass is 260 g/mol. The molecule has 3 aliphatic carbocycles. The lowest BCUT2D eigenvalue weighted by Gasteiger charge is -2.40. The first-order valence-electron chi connectivity index (χ1n) is 7.09. The number of carboxylic acids is 1. The lowest BCUT2D eigenvalue weighted by atomic mass is 9.65. The topological polar surface area (TPSA) is 46.5 Å². The molecule has 102 valence electrons. The summed E-state index contributed by atoms with van der Waals surface area (Å²) in [4.78, 5) is 11.5. The maximum absolute atomic E-state index is 11.5. The largest absolute Gasteiger partial charge is 0.478 e. The molecule has 19 heavy (non-hydrogen) atoms. The molecule has 3 atom stereocenters. The molecule has 0 heterocycles. The molecule has 1 fully saturated rings. The van der Waals surface area contributed by atoms with Gasteiger partial charge in [-0.1, -0.05) is 24.1 Å². The minimum atomic E-state index is -0.794. The van der Waals surface area contributed by atoms with Gasteiger partial charge >= 0.3 is 5.97 Å². The van der Waals surface area contributed by atoms with Gasteiger partial charge in [-0.05, 0) is 49.2 Å². The van der Waals surface area contributed by atoms with Gasteiger partial charge in [0.05, 0.1) is 11.7 Å². The molecule has 1 saturated carbocycles. The zero-order chi connectivity index (χ0) is 13.4. The highest BCUT2D eigenvalue weighted by atomic mass is 16.5. The summed E-state index contributed by atoms with van der Waals surface area (Å²) < 4.78 is 5.44. The number of hydrogen-bond acceptors (Lipinski definition) is 2. The highest BCUT2D eigenvalue weighted by molar-refractivity contribution is 5.92. The summed E-state index contributed by atoms with van der Waals surface area (Å²) in [5, 5.41) is 9.42. The van der Waals surface area contributed by atoms with Crippen molar-refractivity contribution in [2.45, 2.75) is 38.2 Å². The van der Waals surface area contributed by atoms with Crippen LogP contribution in [0.25, 0.3) is 0 Å². The molecule has 1 N–H and O–H groups in total. The van der Waals surface area contributed by atoms with E-state index in [2.05, 4.69) is 0 Å². The van der Waals surface area contributed by atoms with Crippen LogP contribution < -0.4 is 0 Å². The molecule has 0 spiro atoms. The molecule has 0 aromatic carbocycles. The van der Waals surface area contributed by atoms with Crippen molar-refractivity contribution >= 4 is 5.97 Å². The molecule has 3 nitrogen and oxygen atoms in total. The number of carbonyl (C=O) groups is 1. The molecule has 0 aliphatic heterocycles. The minimum absolute atomic E-state index is 0.130. The quantitative estimate of drug-likeness (QED) is 0.830. The number of aliphatic carboxylic acids is 1. The number of rotatable bonds is 2. The maximum Gasteiger partial charge on any atom is 0.335 e. The third-order valence-electron chi connectivity index (χ3n) is 4.74. The smallest absolute Gasteiger partial charge is 0.335 e. The van der Waals surface area contributed by atoms with Gasteiger partial charge in [0.2, 0.25) is 0 Å². The van der Waals surface area contributed by atoms with Gasteiger partial charge in [-0.3, -0.25) is 0 Å². The Morgan fingerprint density at radius 1 is 1.37 bits per heavy atom. The Labute approximate surface area is 113 Å². The summed E-state index contributed by atoms with van der Waals surface area (Å²) in [5.41, 5.74) is 2.86. The Hall–Kier alpha value is -1.35. The second kappa shape index (κ2) is 4.97. The number of methoxy groups -OCH3 is 1. The first-order chi connectivity index (χ1) is 9.20. The van der Waals surface area contributed by atoms with E-state index in [4.69, 9.17) is 4.74 Å². The molecule has 3 heteroatoms. The van der Waals surface area contributed by atoms with Crippen molar-refractivity contribution in [2.75, 3.05) is 7.11 Å². The Balaban J connectivity index is 2.04. The minimum Gasteiger partial charge on any atom is -0.478 e. The van der Waals surface area contributed by atoms with Gasteiger partial charge in [0.1, 0.15) is 0 Å². The third kappa shape index (κ3) is 2.16. The zero-order valence-corrected chi connectivity index (χ0v) is 11.3. The standard InChI is InChI=1S/C16H20O3/c1-19-11-6-7-13-14(9-11)12-5-3-2-4-10(12)8-15(13)16(17)18/h6-8,11-12,14H,2-5,9H2,1H3,(H,17,18). The highest BCUT2D eigenvalue weighted by Crippen LogP contribution is 2.46. The maximum atomic E-state index is 11.5. The number of carboxylic acid groups (broad SMARTS) is 1. The first-order valence-corrected chi connectivity index (χ1v) is 7.09. The molecule has 0 amide bonds. The molecular formula is C16H20O3. The van der Waals surface area contributed by atoms with Gasteiger partial charge in [0, 0.05) is 7.11 Å². The Kier molecular flexibility index (Phi) is 3.31. The van der Waals surface area contributed by atoms with Crippen LogP contribution in [0.15, 0.2) is 34.9 Å². The molecule has 0 aromatic rings. The fraction of sp³-hybridized carbons (Fsp3) is 0.562. The molecular weight excluding hydrogens is 240 g/mol. The van der Waals surface area contributed by atoms with Crippen molar-refractivity contribution in [3.05, 3.63) is 34.9 Å². The molecule has 0 saturated heterocycles. The second-order valence-electron chi connectivity index (χ2n) is 5.72. The molecule has 0 bridgehead atoms. The van der Waals surface area contributed by atoms with Crippen LogP contribution in [-0.2, 0) is 9.53 Å². The Bertz CT molecular complexity index is 484. The summed E-state index contributed by atoms with van der Waals surface area (Å²) in [7, 11) is 1.72. The summed E-state index contributed by atoms with van der Waals surface area (Å²) >= 11 is 0. The van der Waals surface area contributed by atoms with Crippen molar-refractivity contribution < 1.29 is 14.6 Å². The van der Waals surface area contributed by atoms with Crippen LogP contribution in [0, 0.1) is 11.8 Å². The Morgan fingerprint density at radius 2 is 2.21 bits per heavy atom. The van der Waals surface area contributed by atoms with Crippen LogP contribution in [0.4, 0.5) is 0 Å². The lowest BCUT2D eigenvalue weighted by molar-refractivity contribution is -0.132. The summed E-state index contributed by atoms with van der Waals surface area (Å²) in [5.74, 6) is 0.0767. The van der Waals surface area contributed by atoms with E-state index in [9.17, 15) is 9.90 Å². The molecule has 3 rings (SSSR count). The van der Waals surface area contributed by atoms with Crippen molar-refractivity contribution in [2.24, 2.45) is 11.8 Å². The van der Waals surface area contributed by atoms with Crippen LogP contribution >= 0.6 is 0 Å². The van der Waals surface area contributed by atoms with E-state index in [-0.39, 0.29) is 6.10 Å². The zero-order valence-electron chi connectivity index (χ0n) is 11.3. The average molecular weight is 260 g/mol. The van der Waals surface area contributed by atoms with Crippen molar-refractivity contribution in [1.29, 1.82) is 0 Å². The van der Waals surface area contributed by atoms with E-state index in [0.29, 0.717) is 17.4 Å². The van der Waals surface area contributed by atoms with Gasteiger partial charge in [-0.25, -0.2) is 4.79 Å². The molecule has 0 radical (unpaired) electrons. The van der Waals surface area contributed by atoms with Gasteiger partial charge in [0.25, 0.3) is 0 Å². The van der Waals surface area contributed by atoms with Gasteiger partial charge in [0.15, 0.2) is 0 Å². The molecule has 3 aliphatic rings. The van der Waals surface area contributed by atoms with Crippen LogP contribution in [0.1, 0.15) is 32.1 Å².